The van der Waals surface area contributed by atoms with E-state index in [2.05, 4.69) is 14.8 Å². The monoisotopic (exact) mass is 427 g/mol. The lowest BCUT2D eigenvalue weighted by Gasteiger charge is -2.35. The standard InChI is InChI=1S/C23H33N5O3/c1-30-19-14-17-18(15-20(19)31-2)25-23(26-21(17)24)28-12-8-16(9-13-28)22(29)27-10-6-4-3-5-7-11-27/h14-16H,3-13H2,1-2H3,(H2,24,25,26). The van der Waals surface area contributed by atoms with Gasteiger partial charge in [0.25, 0.3) is 0 Å². The van der Waals surface area contributed by atoms with Crippen LogP contribution < -0.4 is 20.1 Å². The van der Waals surface area contributed by atoms with Gasteiger partial charge in [-0.1, -0.05) is 19.3 Å². The van der Waals surface area contributed by atoms with Crippen LogP contribution in [0.25, 0.3) is 10.9 Å². The quantitative estimate of drug-likeness (QED) is 0.800. The van der Waals surface area contributed by atoms with E-state index in [1.54, 1.807) is 14.2 Å². The fraction of sp³-hybridized carbons (Fsp3) is 0.609. The number of methoxy groups -OCH3 is 2. The van der Waals surface area contributed by atoms with Crippen molar-refractivity contribution in [2.75, 3.05) is 51.0 Å². The van der Waals surface area contributed by atoms with Gasteiger partial charge in [0.2, 0.25) is 11.9 Å². The topological polar surface area (TPSA) is 93.8 Å². The highest BCUT2D eigenvalue weighted by Crippen LogP contribution is 2.34. The molecule has 2 saturated heterocycles. The third-order valence-electron chi connectivity index (χ3n) is 6.51. The van der Waals surface area contributed by atoms with E-state index in [1.807, 2.05) is 12.1 Å². The van der Waals surface area contributed by atoms with Crippen LogP contribution >= 0.6 is 0 Å². The fourth-order valence-electron chi connectivity index (χ4n) is 4.66. The molecule has 2 aliphatic rings. The number of piperidine rings is 1. The molecular weight excluding hydrogens is 394 g/mol. The van der Waals surface area contributed by atoms with Crippen LogP contribution in [-0.2, 0) is 4.79 Å². The van der Waals surface area contributed by atoms with Gasteiger partial charge < -0.3 is 25.0 Å². The first-order valence-electron chi connectivity index (χ1n) is 11.3. The maximum absolute atomic E-state index is 13.1. The van der Waals surface area contributed by atoms with Crippen molar-refractivity contribution in [1.29, 1.82) is 0 Å². The molecule has 1 aromatic heterocycles. The largest absolute Gasteiger partial charge is 0.493 e. The summed E-state index contributed by atoms with van der Waals surface area (Å²) in [5, 5.41) is 0.739. The van der Waals surface area contributed by atoms with Crippen LogP contribution in [0.3, 0.4) is 0 Å². The van der Waals surface area contributed by atoms with Gasteiger partial charge in [-0.15, -0.1) is 0 Å². The highest BCUT2D eigenvalue weighted by atomic mass is 16.5. The van der Waals surface area contributed by atoms with Crippen LogP contribution in [0.5, 0.6) is 11.5 Å². The number of likely N-dealkylation sites (tertiary alicyclic amines) is 1. The Morgan fingerprint density at radius 2 is 1.55 bits per heavy atom. The maximum atomic E-state index is 13.1. The number of anilines is 2. The van der Waals surface area contributed by atoms with Crippen molar-refractivity contribution in [2.24, 2.45) is 5.92 Å². The summed E-state index contributed by atoms with van der Waals surface area (Å²) in [4.78, 5) is 26.6. The number of nitrogens with two attached hydrogens (primary N) is 1. The van der Waals surface area contributed by atoms with E-state index >= 15 is 0 Å². The van der Waals surface area contributed by atoms with Crippen LogP contribution in [0.4, 0.5) is 11.8 Å². The third kappa shape index (κ3) is 4.62. The number of nitrogens with zero attached hydrogens (tertiary/aromatic N) is 4. The number of amides is 1. The molecule has 3 heterocycles. The molecule has 2 aliphatic heterocycles. The van der Waals surface area contributed by atoms with Crippen molar-refractivity contribution in [3.63, 3.8) is 0 Å². The third-order valence-corrected chi connectivity index (χ3v) is 6.51. The van der Waals surface area contributed by atoms with Crippen LogP contribution in [0.2, 0.25) is 0 Å². The Labute approximate surface area is 183 Å². The van der Waals surface area contributed by atoms with Gasteiger partial charge in [-0.25, -0.2) is 4.98 Å². The van der Waals surface area contributed by atoms with Crippen molar-refractivity contribution >= 4 is 28.6 Å². The molecule has 0 bridgehead atoms. The van der Waals surface area contributed by atoms with Crippen molar-refractivity contribution in [1.82, 2.24) is 14.9 Å². The average Bonchev–Trinajstić information content (AvgIpc) is 2.77. The summed E-state index contributed by atoms with van der Waals surface area (Å²) in [5.74, 6) is 2.66. The average molecular weight is 428 g/mol. The molecule has 168 valence electrons. The van der Waals surface area contributed by atoms with Crippen LogP contribution in [0.1, 0.15) is 44.9 Å². The Bertz CT molecular complexity index is 919. The minimum Gasteiger partial charge on any atom is -0.493 e. The zero-order valence-corrected chi connectivity index (χ0v) is 18.6. The van der Waals surface area contributed by atoms with E-state index in [-0.39, 0.29) is 5.92 Å². The predicted molar refractivity (Wildman–Crippen MR) is 122 cm³/mol. The molecule has 1 aromatic carbocycles. The molecule has 2 N–H and O–H groups in total. The highest BCUT2D eigenvalue weighted by Gasteiger charge is 2.30. The second-order valence-electron chi connectivity index (χ2n) is 8.49. The second-order valence-corrected chi connectivity index (χ2v) is 8.49. The smallest absolute Gasteiger partial charge is 0.227 e. The zero-order chi connectivity index (χ0) is 21.8. The number of rotatable bonds is 4. The van der Waals surface area contributed by atoms with E-state index < -0.39 is 0 Å². The molecule has 0 radical (unpaired) electrons. The molecule has 31 heavy (non-hydrogen) atoms. The van der Waals surface area contributed by atoms with E-state index in [4.69, 9.17) is 20.2 Å². The van der Waals surface area contributed by atoms with Gasteiger partial charge in [-0.3, -0.25) is 4.79 Å². The first-order valence-corrected chi connectivity index (χ1v) is 11.3. The van der Waals surface area contributed by atoms with E-state index in [1.165, 1.54) is 19.3 Å². The Kier molecular flexibility index (Phi) is 6.63. The lowest BCUT2D eigenvalue weighted by atomic mass is 9.94. The molecule has 2 aromatic rings. The molecule has 4 rings (SSSR count). The summed E-state index contributed by atoms with van der Waals surface area (Å²) >= 11 is 0. The number of benzene rings is 1. The number of carbonyl (C=O) groups excluding carboxylic acids is 1. The van der Waals surface area contributed by atoms with Gasteiger partial charge in [-0.05, 0) is 31.7 Å². The minimum atomic E-state index is 0.0952. The summed E-state index contributed by atoms with van der Waals surface area (Å²) in [6.45, 7) is 3.33. The Morgan fingerprint density at radius 3 is 2.19 bits per heavy atom. The minimum absolute atomic E-state index is 0.0952. The number of hydrogen-bond donors (Lipinski definition) is 1. The number of hydrogen-bond acceptors (Lipinski definition) is 7. The molecule has 0 spiro atoms. The molecule has 0 atom stereocenters. The van der Waals surface area contributed by atoms with Crippen LogP contribution in [0, 0.1) is 5.92 Å². The van der Waals surface area contributed by atoms with Gasteiger partial charge in [0.15, 0.2) is 11.5 Å². The van der Waals surface area contributed by atoms with Gasteiger partial charge in [0.1, 0.15) is 5.82 Å². The van der Waals surface area contributed by atoms with E-state index in [9.17, 15) is 4.79 Å². The van der Waals surface area contributed by atoms with Gasteiger partial charge in [0, 0.05) is 43.5 Å². The Balaban J connectivity index is 1.46. The summed E-state index contributed by atoms with van der Waals surface area (Å²) in [7, 11) is 3.19. The molecule has 8 heteroatoms. The fourth-order valence-corrected chi connectivity index (χ4v) is 4.66. The number of fused-ring (bicyclic) bond motifs is 1. The van der Waals surface area contributed by atoms with Gasteiger partial charge in [0.05, 0.1) is 19.7 Å². The van der Waals surface area contributed by atoms with Gasteiger partial charge in [-0.2, -0.15) is 4.98 Å². The number of aromatic nitrogens is 2. The number of nitrogen functional groups attached to an aromatic ring is 1. The molecule has 0 unspecified atom stereocenters. The molecule has 0 saturated carbocycles. The normalized spacial score (nSPS) is 18.5. The SMILES string of the molecule is COc1cc2nc(N3CCC(C(=O)N4CCCCCCC4)CC3)nc(N)c2cc1OC. The van der Waals surface area contributed by atoms with Crippen molar-refractivity contribution in [3.05, 3.63) is 12.1 Å². The lowest BCUT2D eigenvalue weighted by Crippen LogP contribution is -2.44. The Morgan fingerprint density at radius 1 is 0.935 bits per heavy atom. The van der Waals surface area contributed by atoms with Crippen molar-refractivity contribution < 1.29 is 14.3 Å². The number of carbonyl (C=O) groups is 1. The van der Waals surface area contributed by atoms with Gasteiger partial charge >= 0.3 is 0 Å². The predicted octanol–water partition coefficient (Wildman–Crippen LogP) is 3.24. The summed E-state index contributed by atoms with van der Waals surface area (Å²) in [5.41, 5.74) is 6.97. The molecule has 8 nitrogen and oxygen atoms in total. The number of ether oxygens (including phenoxy) is 2. The zero-order valence-electron chi connectivity index (χ0n) is 18.6. The molecular formula is C23H33N5O3. The first kappa shape index (κ1) is 21.5. The van der Waals surface area contributed by atoms with Crippen molar-refractivity contribution in [3.8, 4) is 11.5 Å². The first-order chi connectivity index (χ1) is 15.1. The summed E-state index contributed by atoms with van der Waals surface area (Å²) in [6.07, 6.45) is 7.67. The van der Waals surface area contributed by atoms with Crippen LogP contribution in [-0.4, -0.2) is 61.2 Å². The summed E-state index contributed by atoms with van der Waals surface area (Å²) in [6, 6.07) is 3.63. The molecule has 0 aliphatic carbocycles. The van der Waals surface area contributed by atoms with E-state index in [0.717, 1.165) is 62.8 Å². The molecule has 1 amide bonds. The molecule has 2 fully saturated rings. The van der Waals surface area contributed by atoms with E-state index in [0.29, 0.717) is 29.2 Å². The summed E-state index contributed by atoms with van der Waals surface area (Å²) < 4.78 is 10.8. The Hall–Kier alpha value is -2.77. The van der Waals surface area contributed by atoms with Crippen LogP contribution in [0.15, 0.2) is 12.1 Å². The highest BCUT2D eigenvalue weighted by molar-refractivity contribution is 5.91. The second kappa shape index (κ2) is 9.58. The lowest BCUT2D eigenvalue weighted by molar-refractivity contribution is -0.136. The maximum Gasteiger partial charge on any atom is 0.227 e. The van der Waals surface area contributed by atoms with Crippen molar-refractivity contribution in [2.45, 2.75) is 44.9 Å².